The molecule has 282 valence electrons. The molecular weight excluding hydrogens is 670 g/mol. The van der Waals surface area contributed by atoms with Gasteiger partial charge in [0.2, 0.25) is 5.95 Å². The molecule has 13 nitrogen and oxygen atoms in total. The van der Waals surface area contributed by atoms with Crippen molar-refractivity contribution in [1.29, 1.82) is 0 Å². The van der Waals surface area contributed by atoms with Gasteiger partial charge in [0, 0.05) is 41.8 Å². The summed E-state index contributed by atoms with van der Waals surface area (Å²) >= 11 is 0. The van der Waals surface area contributed by atoms with Gasteiger partial charge in [0.15, 0.2) is 17.0 Å². The molecule has 3 aliphatic carbocycles. The van der Waals surface area contributed by atoms with Crippen LogP contribution in [-0.4, -0.2) is 76.7 Å². The predicted molar refractivity (Wildman–Crippen MR) is 202 cm³/mol. The van der Waals surface area contributed by atoms with Gasteiger partial charge in [0.1, 0.15) is 24.1 Å². The van der Waals surface area contributed by atoms with Crippen LogP contribution < -0.4 is 10.6 Å². The predicted octanol–water partition coefficient (Wildman–Crippen LogP) is 5.47. The highest BCUT2D eigenvalue weighted by Crippen LogP contribution is 2.68. The monoisotopic (exact) mass is 723 g/mol. The van der Waals surface area contributed by atoms with Gasteiger partial charge in [0.25, 0.3) is 0 Å². The molecule has 2 bridgehead atoms. The second kappa shape index (κ2) is 13.6. The Morgan fingerprint density at radius 3 is 2.70 bits per heavy atom. The lowest BCUT2D eigenvalue weighted by atomic mass is 9.44. The maximum atomic E-state index is 13.8. The molecule has 13 heteroatoms. The van der Waals surface area contributed by atoms with Crippen molar-refractivity contribution in [2.45, 2.75) is 98.9 Å². The van der Waals surface area contributed by atoms with Gasteiger partial charge in [-0.15, -0.1) is 11.7 Å². The molecule has 3 aliphatic rings. The summed E-state index contributed by atoms with van der Waals surface area (Å²) in [6.07, 6.45) is 7.43. The number of ether oxygens (including phenoxy) is 1. The fourth-order valence-corrected chi connectivity index (χ4v) is 10.2. The van der Waals surface area contributed by atoms with Gasteiger partial charge in [-0.25, -0.2) is 9.67 Å². The third-order valence-corrected chi connectivity index (χ3v) is 13.5. The first-order valence-electron chi connectivity index (χ1n) is 19.0. The normalized spacial score (nSPS) is 31.2. The van der Waals surface area contributed by atoms with Gasteiger partial charge in [-0.1, -0.05) is 57.2 Å². The van der Waals surface area contributed by atoms with E-state index in [1.807, 2.05) is 41.8 Å². The molecule has 0 radical (unpaired) electrons. The Morgan fingerprint density at radius 1 is 1.19 bits per heavy atom. The largest absolute Gasteiger partial charge is 0.460 e. The smallest absolute Gasteiger partial charge is 0.328 e. The number of ketones is 1. The lowest BCUT2D eigenvalue weighted by Gasteiger charge is -2.61. The molecule has 1 aromatic carbocycles. The number of aromatic nitrogens is 7. The number of anilines is 2. The molecule has 8 atom stereocenters. The van der Waals surface area contributed by atoms with Crippen LogP contribution in [0.1, 0.15) is 79.2 Å². The fraction of sp³-hybridized carbons (Fsp3) is 0.575. The molecule has 0 unspecified atom stereocenters. The Morgan fingerprint density at radius 2 is 1.96 bits per heavy atom. The maximum absolute atomic E-state index is 13.8. The molecule has 0 aliphatic heterocycles. The Bertz CT molecular complexity index is 2040. The Labute approximate surface area is 311 Å². The van der Waals surface area contributed by atoms with E-state index >= 15 is 0 Å². The van der Waals surface area contributed by atoms with E-state index in [1.165, 1.54) is 4.68 Å². The molecule has 3 heterocycles. The Hall–Kier alpha value is -4.65. The van der Waals surface area contributed by atoms with E-state index in [4.69, 9.17) is 10.5 Å². The summed E-state index contributed by atoms with van der Waals surface area (Å²) in [7, 11) is 0. The van der Waals surface area contributed by atoms with Crippen LogP contribution >= 0.6 is 0 Å². The van der Waals surface area contributed by atoms with Crippen LogP contribution in [-0.2, 0) is 27.4 Å². The van der Waals surface area contributed by atoms with Crippen LogP contribution in [0.2, 0.25) is 0 Å². The topological polar surface area (TPSA) is 167 Å². The number of hydrogen-bond donors (Lipinski definition) is 2. The lowest BCUT2D eigenvalue weighted by Crippen LogP contribution is -2.63. The van der Waals surface area contributed by atoms with E-state index in [0.717, 1.165) is 49.3 Å². The SMILES string of the molecule is C=C[C@]1(C)C[C@@H](OC(=O)Cn2cc(-c3cccc(Cn4cnc5c(N(CC)CC)nc(N)nc54)c3)nn2)[C@]2(C)[C@H](C)CC[C@]3(CCC(=O)[C@H]32)[C@@H](C)[C@@H]1O. The molecule has 3 aromatic heterocycles. The highest BCUT2D eigenvalue weighted by atomic mass is 16.5. The highest BCUT2D eigenvalue weighted by Gasteiger charge is 2.68. The average molecular weight is 724 g/mol. The number of benzene rings is 1. The number of aliphatic hydroxyl groups is 1. The molecule has 0 amide bonds. The second-order valence-electron chi connectivity index (χ2n) is 16.2. The zero-order valence-corrected chi connectivity index (χ0v) is 31.8. The minimum Gasteiger partial charge on any atom is -0.460 e. The zero-order valence-electron chi connectivity index (χ0n) is 31.8. The van der Waals surface area contributed by atoms with Crippen LogP contribution in [0.5, 0.6) is 0 Å². The number of fused-ring (bicyclic) bond motifs is 1. The number of Topliss-reactive ketones (excluding diaryl/α,β-unsaturated/α-hetero) is 1. The number of esters is 1. The van der Waals surface area contributed by atoms with Gasteiger partial charge in [-0.2, -0.15) is 9.97 Å². The summed E-state index contributed by atoms with van der Waals surface area (Å²) in [5.41, 5.74) is 8.32. The maximum Gasteiger partial charge on any atom is 0.328 e. The summed E-state index contributed by atoms with van der Waals surface area (Å²) in [4.78, 5) is 43.3. The van der Waals surface area contributed by atoms with Crippen molar-refractivity contribution in [2.75, 3.05) is 23.7 Å². The van der Waals surface area contributed by atoms with Crippen LogP contribution in [0.4, 0.5) is 11.8 Å². The third-order valence-electron chi connectivity index (χ3n) is 13.5. The van der Waals surface area contributed by atoms with Gasteiger partial charge >= 0.3 is 5.97 Å². The van der Waals surface area contributed by atoms with E-state index in [-0.39, 0.29) is 41.4 Å². The molecule has 7 rings (SSSR count). The molecule has 3 fully saturated rings. The average Bonchev–Trinajstić information content (AvgIpc) is 3.87. The number of nitrogens with two attached hydrogens (primary N) is 1. The van der Waals surface area contributed by atoms with Gasteiger partial charge in [-0.05, 0) is 68.4 Å². The summed E-state index contributed by atoms with van der Waals surface area (Å²) < 4.78 is 9.87. The molecule has 3 saturated carbocycles. The van der Waals surface area contributed by atoms with Crippen LogP contribution in [0.3, 0.4) is 0 Å². The number of nitrogen functional groups attached to an aromatic ring is 1. The van der Waals surface area contributed by atoms with Crippen molar-refractivity contribution in [3.63, 3.8) is 0 Å². The fourth-order valence-electron chi connectivity index (χ4n) is 10.2. The molecule has 0 saturated heterocycles. The standard InChI is InChI=1S/C40H53N9O4/c1-8-38(6)19-30(39(7)24(4)14-16-40(25(5)34(38)52)17-15-29(50)33(39)40)53-31(51)22-49-21-28(45-46-49)27-13-11-12-26(18-27)20-48-23-42-32-35(47(9-2)10-3)43-37(41)44-36(32)48/h8,11-13,18,21,23-25,30,33-34,52H,1,9-10,14-17,19-20,22H2,2-7H3,(H2,41,43,44)/t24-,25+,30-,33+,34+,38-,39+,40+/m1/s1. The van der Waals surface area contributed by atoms with Crippen LogP contribution in [0.25, 0.3) is 22.4 Å². The first kappa shape index (κ1) is 36.7. The van der Waals surface area contributed by atoms with E-state index in [9.17, 15) is 14.7 Å². The molecule has 53 heavy (non-hydrogen) atoms. The van der Waals surface area contributed by atoms with Crippen LogP contribution in [0, 0.1) is 34.0 Å². The third kappa shape index (κ3) is 6.00. The summed E-state index contributed by atoms with van der Waals surface area (Å²) in [5, 5.41) is 20.5. The van der Waals surface area contributed by atoms with Crippen molar-refractivity contribution >= 4 is 34.7 Å². The van der Waals surface area contributed by atoms with Crippen molar-refractivity contribution in [3.8, 4) is 11.3 Å². The Kier molecular flexibility index (Phi) is 9.45. The first-order valence-corrected chi connectivity index (χ1v) is 19.0. The second-order valence-corrected chi connectivity index (χ2v) is 16.2. The quantitative estimate of drug-likeness (QED) is 0.157. The minimum absolute atomic E-state index is 0.0880. The number of aliphatic hydroxyl groups excluding tert-OH is 1. The number of carbonyl (C=O) groups excluding carboxylic acids is 2. The van der Waals surface area contributed by atoms with Crippen LogP contribution in [0.15, 0.2) is 49.4 Å². The Balaban J connectivity index is 1.11. The number of rotatable bonds is 10. The van der Waals surface area contributed by atoms with Gasteiger partial charge in [0.05, 0.1) is 25.2 Å². The number of carbonyl (C=O) groups is 2. The van der Waals surface area contributed by atoms with Crippen molar-refractivity contribution < 1.29 is 19.4 Å². The van der Waals surface area contributed by atoms with Crippen molar-refractivity contribution in [2.24, 2.45) is 34.0 Å². The highest BCUT2D eigenvalue weighted by molar-refractivity contribution is 5.86. The lowest BCUT2D eigenvalue weighted by molar-refractivity contribution is -0.207. The summed E-state index contributed by atoms with van der Waals surface area (Å²) in [6.45, 7) is 18.6. The molecule has 3 N–H and O–H groups in total. The minimum atomic E-state index is -0.718. The number of hydrogen-bond acceptors (Lipinski definition) is 11. The zero-order chi connectivity index (χ0) is 37.9. The van der Waals surface area contributed by atoms with Gasteiger partial charge < -0.3 is 25.0 Å². The first-order chi connectivity index (χ1) is 25.3. The van der Waals surface area contributed by atoms with E-state index in [0.29, 0.717) is 36.2 Å². The number of imidazole rings is 1. The van der Waals surface area contributed by atoms with E-state index < -0.39 is 29.0 Å². The summed E-state index contributed by atoms with van der Waals surface area (Å²) in [6, 6.07) is 7.96. The van der Waals surface area contributed by atoms with Crippen molar-refractivity contribution in [3.05, 3.63) is 55.0 Å². The molecule has 0 spiro atoms. The van der Waals surface area contributed by atoms with Crippen molar-refractivity contribution in [1.82, 2.24) is 34.5 Å². The van der Waals surface area contributed by atoms with E-state index in [2.05, 4.69) is 71.4 Å². The van der Waals surface area contributed by atoms with Gasteiger partial charge in [-0.3, -0.25) is 9.59 Å². The number of nitrogens with zero attached hydrogens (tertiary/aromatic N) is 8. The van der Waals surface area contributed by atoms with E-state index in [1.54, 1.807) is 12.5 Å². The molecular formula is C40H53N9O4. The summed E-state index contributed by atoms with van der Waals surface area (Å²) in [5.74, 6) is 0.472. The molecule has 4 aromatic rings.